The number of Topliss-reactive ketones (excluding diaryl/α,β-unsaturated/α-hetero) is 1. The van der Waals surface area contributed by atoms with E-state index in [1.165, 1.54) is 6.07 Å². The summed E-state index contributed by atoms with van der Waals surface area (Å²) in [6, 6.07) is 6.68. The maximum Gasteiger partial charge on any atom is 0.416 e. The van der Waals surface area contributed by atoms with Crippen molar-refractivity contribution in [1.29, 1.82) is 0 Å². The molecule has 0 aliphatic heterocycles. The van der Waals surface area contributed by atoms with Crippen LogP contribution >= 0.6 is 11.8 Å². The third-order valence-corrected chi connectivity index (χ3v) is 4.83. The van der Waals surface area contributed by atoms with Crippen molar-refractivity contribution < 1.29 is 18.0 Å². The van der Waals surface area contributed by atoms with Crippen LogP contribution in [0.3, 0.4) is 0 Å². The molecule has 2 aromatic heterocycles. The van der Waals surface area contributed by atoms with Gasteiger partial charge in [-0.05, 0) is 38.1 Å². The van der Waals surface area contributed by atoms with Gasteiger partial charge < -0.3 is 10.3 Å². The molecule has 3 N–H and O–H groups in total. The molecular weight excluding hydrogens is 379 g/mol. The SMILES string of the molecule is Cc1cc(C(=O)CSc2n[nH]c(N)n2)c(C)n1-c1cccc(C(F)(F)F)c1. The van der Waals surface area contributed by atoms with Gasteiger partial charge >= 0.3 is 6.18 Å². The lowest BCUT2D eigenvalue weighted by molar-refractivity contribution is -0.137. The van der Waals surface area contributed by atoms with Crippen LogP contribution in [0.4, 0.5) is 19.1 Å². The number of aromatic amines is 1. The number of benzene rings is 1. The van der Waals surface area contributed by atoms with E-state index in [9.17, 15) is 18.0 Å². The number of thioether (sulfide) groups is 1. The molecule has 0 amide bonds. The number of nitrogen functional groups attached to an aromatic ring is 1. The summed E-state index contributed by atoms with van der Waals surface area (Å²) in [5.41, 5.74) is 6.75. The van der Waals surface area contributed by atoms with Gasteiger partial charge in [0.05, 0.1) is 11.3 Å². The van der Waals surface area contributed by atoms with E-state index >= 15 is 0 Å². The molecule has 6 nitrogen and oxygen atoms in total. The van der Waals surface area contributed by atoms with Crippen LogP contribution in [0.25, 0.3) is 5.69 Å². The molecule has 10 heteroatoms. The van der Waals surface area contributed by atoms with E-state index in [0.717, 1.165) is 23.9 Å². The number of nitrogens with zero attached hydrogens (tertiary/aromatic N) is 3. The van der Waals surface area contributed by atoms with Crippen molar-refractivity contribution in [3.63, 3.8) is 0 Å². The smallest absolute Gasteiger partial charge is 0.368 e. The van der Waals surface area contributed by atoms with Gasteiger partial charge in [0.25, 0.3) is 0 Å². The number of H-pyrrole nitrogens is 1. The quantitative estimate of drug-likeness (QED) is 0.507. The van der Waals surface area contributed by atoms with Gasteiger partial charge in [0, 0.05) is 22.6 Å². The number of aryl methyl sites for hydroxylation is 1. The normalized spacial score (nSPS) is 11.7. The zero-order valence-corrected chi connectivity index (χ0v) is 15.3. The Hall–Kier alpha value is -2.75. The van der Waals surface area contributed by atoms with Crippen LogP contribution in [0.1, 0.15) is 27.3 Å². The zero-order valence-electron chi connectivity index (χ0n) is 14.5. The Morgan fingerprint density at radius 1 is 1.30 bits per heavy atom. The highest BCUT2D eigenvalue weighted by atomic mass is 32.2. The summed E-state index contributed by atoms with van der Waals surface area (Å²) in [6.07, 6.45) is -4.43. The number of anilines is 1. The highest BCUT2D eigenvalue weighted by Gasteiger charge is 2.30. The number of hydrogen-bond acceptors (Lipinski definition) is 5. The summed E-state index contributed by atoms with van der Waals surface area (Å²) in [5, 5.41) is 6.68. The lowest BCUT2D eigenvalue weighted by Gasteiger charge is -2.13. The number of ketones is 1. The Morgan fingerprint density at radius 2 is 2.04 bits per heavy atom. The molecule has 0 atom stereocenters. The molecule has 3 aromatic rings. The van der Waals surface area contributed by atoms with Crippen LogP contribution in [0, 0.1) is 13.8 Å². The van der Waals surface area contributed by atoms with E-state index in [1.54, 1.807) is 30.5 Å². The fraction of sp³-hybridized carbons (Fsp3) is 0.235. The third-order valence-electron chi connectivity index (χ3n) is 3.98. The number of rotatable bonds is 5. The number of carbonyl (C=O) groups excluding carboxylic acids is 1. The number of nitrogens with one attached hydrogen (secondary N) is 1. The Bertz CT molecular complexity index is 993. The summed E-state index contributed by atoms with van der Waals surface area (Å²) in [7, 11) is 0. The number of carbonyl (C=O) groups is 1. The number of hydrogen-bond donors (Lipinski definition) is 2. The number of alkyl halides is 3. The molecule has 1 aromatic carbocycles. The number of halogens is 3. The van der Waals surface area contributed by atoms with E-state index < -0.39 is 11.7 Å². The van der Waals surface area contributed by atoms with E-state index in [1.807, 2.05) is 0 Å². The second-order valence-corrected chi connectivity index (χ2v) is 6.83. The summed E-state index contributed by atoms with van der Waals surface area (Å²) in [6.45, 7) is 3.45. The van der Waals surface area contributed by atoms with Gasteiger partial charge in [-0.2, -0.15) is 18.2 Å². The average molecular weight is 395 g/mol. The first-order valence-electron chi connectivity index (χ1n) is 7.87. The molecule has 0 saturated carbocycles. The minimum atomic E-state index is -4.43. The molecule has 0 aliphatic carbocycles. The molecule has 0 fully saturated rings. The monoisotopic (exact) mass is 395 g/mol. The van der Waals surface area contributed by atoms with Gasteiger partial charge in [-0.3, -0.25) is 4.79 Å². The predicted octanol–water partition coefficient (Wildman–Crippen LogP) is 3.79. The van der Waals surface area contributed by atoms with Crippen LogP contribution in [0.5, 0.6) is 0 Å². The van der Waals surface area contributed by atoms with Crippen molar-refractivity contribution in [1.82, 2.24) is 19.7 Å². The van der Waals surface area contributed by atoms with E-state index in [0.29, 0.717) is 27.8 Å². The molecule has 0 spiro atoms. The molecule has 0 bridgehead atoms. The number of nitrogens with two attached hydrogens (primary N) is 1. The second-order valence-electron chi connectivity index (χ2n) is 5.88. The van der Waals surface area contributed by atoms with Crippen molar-refractivity contribution in [2.75, 3.05) is 11.5 Å². The Labute approximate surface area is 157 Å². The number of aromatic nitrogens is 4. The third kappa shape index (κ3) is 4.00. The minimum Gasteiger partial charge on any atom is -0.368 e. The maximum atomic E-state index is 13.0. The second kappa shape index (κ2) is 7.10. The first kappa shape index (κ1) is 19.0. The standard InChI is InChI=1S/C17H16F3N5OS/c1-9-6-13(14(26)8-27-16-22-15(21)23-24-16)10(2)25(9)12-5-3-4-11(7-12)17(18,19)20/h3-7H,8H2,1-2H3,(H3,21,22,23,24). The first-order valence-corrected chi connectivity index (χ1v) is 8.86. The molecule has 142 valence electrons. The minimum absolute atomic E-state index is 0.0875. The molecule has 3 rings (SSSR count). The van der Waals surface area contributed by atoms with Gasteiger partial charge in [-0.25, -0.2) is 5.10 Å². The predicted molar refractivity (Wildman–Crippen MR) is 96.1 cm³/mol. The Kier molecular flexibility index (Phi) is 5.01. The average Bonchev–Trinajstić information content (AvgIpc) is 3.15. The van der Waals surface area contributed by atoms with Gasteiger partial charge in [0.15, 0.2) is 5.78 Å². The van der Waals surface area contributed by atoms with Gasteiger partial charge in [0.1, 0.15) is 0 Å². The molecule has 0 radical (unpaired) electrons. The van der Waals surface area contributed by atoms with Crippen LogP contribution in [0.2, 0.25) is 0 Å². The molecule has 27 heavy (non-hydrogen) atoms. The molecule has 2 heterocycles. The van der Waals surface area contributed by atoms with Crippen LogP contribution in [0.15, 0.2) is 35.5 Å². The lowest BCUT2D eigenvalue weighted by Crippen LogP contribution is -2.08. The maximum absolute atomic E-state index is 13.0. The summed E-state index contributed by atoms with van der Waals surface area (Å²) >= 11 is 1.13. The van der Waals surface area contributed by atoms with Gasteiger partial charge in [0.2, 0.25) is 11.1 Å². The molecule has 0 aliphatic rings. The van der Waals surface area contributed by atoms with Gasteiger partial charge in [-0.1, -0.05) is 17.8 Å². The van der Waals surface area contributed by atoms with Crippen molar-refractivity contribution in [2.45, 2.75) is 25.2 Å². The Balaban J connectivity index is 1.87. The topological polar surface area (TPSA) is 89.6 Å². The van der Waals surface area contributed by atoms with Crippen LogP contribution < -0.4 is 5.73 Å². The van der Waals surface area contributed by atoms with Crippen molar-refractivity contribution in [2.24, 2.45) is 0 Å². The van der Waals surface area contributed by atoms with E-state index in [-0.39, 0.29) is 17.5 Å². The van der Waals surface area contributed by atoms with Crippen molar-refractivity contribution >= 4 is 23.5 Å². The summed E-state index contributed by atoms with van der Waals surface area (Å²) < 4.78 is 40.6. The summed E-state index contributed by atoms with van der Waals surface area (Å²) in [4.78, 5) is 16.5. The zero-order chi connectivity index (χ0) is 19.8. The largest absolute Gasteiger partial charge is 0.416 e. The highest BCUT2D eigenvalue weighted by Crippen LogP contribution is 2.31. The fourth-order valence-corrected chi connectivity index (χ4v) is 3.48. The summed E-state index contributed by atoms with van der Waals surface area (Å²) in [5.74, 6) is 0.0758. The molecule has 0 unspecified atom stereocenters. The van der Waals surface area contributed by atoms with Crippen molar-refractivity contribution in [3.05, 3.63) is 52.8 Å². The van der Waals surface area contributed by atoms with Crippen LogP contribution in [-0.4, -0.2) is 31.3 Å². The van der Waals surface area contributed by atoms with Crippen LogP contribution in [-0.2, 0) is 6.18 Å². The molecular formula is C17H16F3N5OS. The highest BCUT2D eigenvalue weighted by molar-refractivity contribution is 7.99. The van der Waals surface area contributed by atoms with Crippen molar-refractivity contribution in [3.8, 4) is 5.69 Å². The first-order chi connectivity index (χ1) is 12.7. The Morgan fingerprint density at radius 3 is 2.67 bits per heavy atom. The van der Waals surface area contributed by atoms with E-state index in [2.05, 4.69) is 15.2 Å². The fourth-order valence-electron chi connectivity index (χ4n) is 2.79. The van der Waals surface area contributed by atoms with E-state index in [4.69, 9.17) is 5.73 Å². The lowest BCUT2D eigenvalue weighted by atomic mass is 10.1. The molecule has 0 saturated heterocycles. The van der Waals surface area contributed by atoms with Gasteiger partial charge in [-0.15, -0.1) is 5.10 Å².